The smallest absolute Gasteiger partial charge is 0.192 e. The molecule has 0 amide bonds. The number of sulfone groups is 1. The normalized spacial score (nSPS) is 11.4. The van der Waals surface area contributed by atoms with E-state index >= 15 is 0 Å². The molecule has 2 N–H and O–H groups in total. The third-order valence-electron chi connectivity index (χ3n) is 1.21. The van der Waals surface area contributed by atoms with Gasteiger partial charge in [-0.3, -0.25) is 4.98 Å². The Kier molecular flexibility index (Phi) is 2.21. The zero-order chi connectivity index (χ0) is 8.32. The summed E-state index contributed by atoms with van der Waals surface area (Å²) in [5.41, 5.74) is 5.02. The van der Waals surface area contributed by atoms with Crippen LogP contribution in [0.5, 0.6) is 0 Å². The van der Waals surface area contributed by atoms with E-state index in [4.69, 9.17) is 5.73 Å². The van der Waals surface area contributed by atoms with Gasteiger partial charge in [-0.15, -0.1) is 0 Å². The van der Waals surface area contributed by atoms with Gasteiger partial charge < -0.3 is 5.73 Å². The molecular formula is C6H8N2O2S. The molecule has 60 valence electrons. The largest absolute Gasteiger partial charge is 0.317 e. The number of hydrogen-bond acceptors (Lipinski definition) is 4. The van der Waals surface area contributed by atoms with Crippen molar-refractivity contribution in [3.8, 4) is 0 Å². The lowest BCUT2D eigenvalue weighted by molar-refractivity contribution is 0.596. The van der Waals surface area contributed by atoms with E-state index in [9.17, 15) is 8.42 Å². The Morgan fingerprint density at radius 2 is 2.27 bits per heavy atom. The van der Waals surface area contributed by atoms with Crippen LogP contribution in [0.4, 0.5) is 0 Å². The van der Waals surface area contributed by atoms with Gasteiger partial charge in [-0.25, -0.2) is 8.42 Å². The first-order chi connectivity index (χ1) is 5.17. The molecule has 0 aliphatic heterocycles. The van der Waals surface area contributed by atoms with Gasteiger partial charge in [0.2, 0.25) is 0 Å². The molecule has 0 saturated heterocycles. The minimum Gasteiger partial charge on any atom is -0.317 e. The number of pyridine rings is 1. The number of rotatable bonds is 2. The van der Waals surface area contributed by atoms with E-state index in [2.05, 4.69) is 4.98 Å². The van der Waals surface area contributed by atoms with Crippen LogP contribution in [0.15, 0.2) is 29.4 Å². The molecule has 0 aromatic carbocycles. The highest BCUT2D eigenvalue weighted by atomic mass is 32.2. The van der Waals surface area contributed by atoms with Crippen LogP contribution >= 0.6 is 0 Å². The fourth-order valence-electron chi connectivity index (χ4n) is 0.627. The Balaban J connectivity index is 3.14. The quantitative estimate of drug-likeness (QED) is 0.668. The molecule has 1 aromatic rings. The summed E-state index contributed by atoms with van der Waals surface area (Å²) < 4.78 is 22.1. The maximum absolute atomic E-state index is 11.0. The number of nitrogens with zero attached hydrogens (tertiary/aromatic N) is 1. The second-order valence-corrected chi connectivity index (χ2v) is 4.00. The van der Waals surface area contributed by atoms with Crippen molar-refractivity contribution in [3.05, 3.63) is 24.5 Å². The van der Waals surface area contributed by atoms with E-state index in [1.807, 2.05) is 0 Å². The molecule has 0 bridgehead atoms. The van der Waals surface area contributed by atoms with Crippen molar-refractivity contribution in [2.45, 2.75) is 4.90 Å². The summed E-state index contributed by atoms with van der Waals surface area (Å²) in [5, 5.41) is 0. The summed E-state index contributed by atoms with van der Waals surface area (Å²) in [6.45, 7) is 0. The highest BCUT2D eigenvalue weighted by molar-refractivity contribution is 7.91. The molecule has 0 fully saturated rings. The van der Waals surface area contributed by atoms with Crippen LogP contribution in [0.2, 0.25) is 0 Å². The van der Waals surface area contributed by atoms with Gasteiger partial charge in [-0.05, 0) is 12.1 Å². The minimum atomic E-state index is -3.28. The monoisotopic (exact) mass is 172 g/mol. The second kappa shape index (κ2) is 2.98. The van der Waals surface area contributed by atoms with Crippen LogP contribution < -0.4 is 5.73 Å². The Bertz CT molecular complexity index is 320. The molecule has 0 unspecified atom stereocenters. The predicted molar refractivity (Wildman–Crippen MR) is 40.5 cm³/mol. The van der Waals surface area contributed by atoms with Gasteiger partial charge in [0.1, 0.15) is 5.88 Å². The number of aromatic nitrogens is 1. The molecule has 1 rings (SSSR count). The maximum Gasteiger partial charge on any atom is 0.192 e. The van der Waals surface area contributed by atoms with E-state index in [0.717, 1.165) is 0 Å². The van der Waals surface area contributed by atoms with Gasteiger partial charge in [-0.2, -0.15) is 0 Å². The van der Waals surface area contributed by atoms with Gasteiger partial charge in [-0.1, -0.05) is 0 Å². The highest BCUT2D eigenvalue weighted by Crippen LogP contribution is 2.05. The first-order valence-electron chi connectivity index (χ1n) is 2.99. The van der Waals surface area contributed by atoms with Crippen LogP contribution in [0.3, 0.4) is 0 Å². The fraction of sp³-hybridized carbons (Fsp3) is 0.167. The lowest BCUT2D eigenvalue weighted by Crippen LogP contribution is -2.14. The van der Waals surface area contributed by atoms with Gasteiger partial charge in [0, 0.05) is 12.4 Å². The van der Waals surface area contributed by atoms with Crippen LogP contribution in [-0.4, -0.2) is 19.3 Å². The molecule has 11 heavy (non-hydrogen) atoms. The summed E-state index contributed by atoms with van der Waals surface area (Å²) in [6, 6.07) is 3.03. The first-order valence-corrected chi connectivity index (χ1v) is 4.65. The van der Waals surface area contributed by atoms with Crippen molar-refractivity contribution in [2.24, 2.45) is 5.73 Å². The van der Waals surface area contributed by atoms with Crippen LogP contribution in [0.1, 0.15) is 0 Å². The van der Waals surface area contributed by atoms with E-state index in [1.165, 1.54) is 18.5 Å². The summed E-state index contributed by atoms with van der Waals surface area (Å²) in [4.78, 5) is 3.83. The van der Waals surface area contributed by atoms with Crippen LogP contribution in [0, 0.1) is 0 Å². The van der Waals surface area contributed by atoms with Crippen molar-refractivity contribution >= 4 is 9.84 Å². The predicted octanol–water partition coefficient (Wildman–Crippen LogP) is -0.229. The molecule has 0 radical (unpaired) electrons. The Hall–Kier alpha value is -0.940. The highest BCUT2D eigenvalue weighted by Gasteiger charge is 2.09. The molecule has 0 atom stereocenters. The van der Waals surface area contributed by atoms with Crippen molar-refractivity contribution < 1.29 is 8.42 Å². The molecule has 1 heterocycles. The van der Waals surface area contributed by atoms with Crippen molar-refractivity contribution in [1.29, 1.82) is 0 Å². The van der Waals surface area contributed by atoms with Crippen molar-refractivity contribution in [1.82, 2.24) is 4.98 Å². The van der Waals surface area contributed by atoms with Gasteiger partial charge in [0.25, 0.3) is 0 Å². The van der Waals surface area contributed by atoms with Crippen LogP contribution in [-0.2, 0) is 9.84 Å². The third kappa shape index (κ3) is 1.75. The number of nitrogens with two attached hydrogens (primary N) is 1. The Labute approximate surface area is 65.0 Å². The number of hydrogen-bond donors (Lipinski definition) is 1. The molecule has 0 saturated carbocycles. The maximum atomic E-state index is 11.0. The molecule has 0 spiro atoms. The van der Waals surface area contributed by atoms with Crippen molar-refractivity contribution in [2.75, 3.05) is 5.88 Å². The Morgan fingerprint density at radius 3 is 2.73 bits per heavy atom. The zero-order valence-corrected chi connectivity index (χ0v) is 6.58. The molecule has 5 heteroatoms. The second-order valence-electron chi connectivity index (χ2n) is 1.97. The topological polar surface area (TPSA) is 73.1 Å². The lowest BCUT2D eigenvalue weighted by atomic mass is 10.5. The van der Waals surface area contributed by atoms with Gasteiger partial charge >= 0.3 is 0 Å². The summed E-state index contributed by atoms with van der Waals surface area (Å²) in [7, 11) is -3.28. The summed E-state index contributed by atoms with van der Waals surface area (Å²) in [5.74, 6) is -0.376. The van der Waals surface area contributed by atoms with Crippen molar-refractivity contribution in [3.63, 3.8) is 0 Å². The molecule has 0 aliphatic carbocycles. The van der Waals surface area contributed by atoms with E-state index in [-0.39, 0.29) is 10.8 Å². The summed E-state index contributed by atoms with van der Waals surface area (Å²) in [6.07, 6.45) is 2.79. The molecule has 4 nitrogen and oxygen atoms in total. The van der Waals surface area contributed by atoms with Gasteiger partial charge in [0.15, 0.2) is 9.84 Å². The fourth-order valence-corrected chi connectivity index (χ4v) is 1.33. The first kappa shape index (κ1) is 8.16. The molecule has 0 aliphatic rings. The van der Waals surface area contributed by atoms with Gasteiger partial charge in [0.05, 0.1) is 4.90 Å². The minimum absolute atomic E-state index is 0.169. The standard InChI is InChI=1S/C6H8N2O2S/c7-5-11(9,10)6-2-1-3-8-4-6/h1-4H,5,7H2. The lowest BCUT2D eigenvalue weighted by Gasteiger charge is -1.97. The SMILES string of the molecule is NCS(=O)(=O)c1cccnc1. The molecule has 1 aromatic heterocycles. The van der Waals surface area contributed by atoms with Crippen LogP contribution in [0.25, 0.3) is 0 Å². The third-order valence-corrected chi connectivity index (χ3v) is 2.61. The van der Waals surface area contributed by atoms with E-state index < -0.39 is 9.84 Å². The van der Waals surface area contributed by atoms with E-state index in [1.54, 1.807) is 6.07 Å². The summed E-state index contributed by atoms with van der Waals surface area (Å²) >= 11 is 0. The average molecular weight is 172 g/mol. The Morgan fingerprint density at radius 1 is 1.55 bits per heavy atom. The average Bonchev–Trinajstić information content (AvgIpc) is 2.06. The molecular weight excluding hydrogens is 164 g/mol. The zero-order valence-electron chi connectivity index (χ0n) is 5.77. The van der Waals surface area contributed by atoms with E-state index in [0.29, 0.717) is 0 Å².